The van der Waals surface area contributed by atoms with Crippen molar-refractivity contribution in [1.29, 1.82) is 0 Å². The van der Waals surface area contributed by atoms with E-state index in [9.17, 15) is 10.0 Å². The van der Waals surface area contributed by atoms with Crippen LogP contribution < -0.4 is 20.3 Å². The summed E-state index contributed by atoms with van der Waals surface area (Å²) in [5.41, 5.74) is 7.32. The fourth-order valence-corrected chi connectivity index (χ4v) is 3.06. The van der Waals surface area contributed by atoms with E-state index in [0.29, 0.717) is 41.9 Å². The normalized spacial score (nSPS) is 10.8. The third-order valence-electron chi connectivity index (χ3n) is 4.44. The summed E-state index contributed by atoms with van der Waals surface area (Å²) in [6.45, 7) is 4.02. The van der Waals surface area contributed by atoms with E-state index >= 15 is 0 Å². The SMILES string of the molecule is COc1ccc(N(O)c2nc(C)nc3cccc(C)c23)cc1OCCCC(N)=O. The molecular weight excluding hydrogens is 372 g/mol. The molecule has 0 aliphatic rings. The average Bonchev–Trinajstić information content (AvgIpc) is 2.69. The number of primary amides is 1. The Bertz CT molecular complexity index is 1040. The Morgan fingerprint density at radius 1 is 1.17 bits per heavy atom. The molecule has 8 heteroatoms. The van der Waals surface area contributed by atoms with Gasteiger partial charge in [0.25, 0.3) is 0 Å². The van der Waals surface area contributed by atoms with E-state index in [-0.39, 0.29) is 12.3 Å². The molecule has 0 radical (unpaired) electrons. The number of aryl methyl sites for hydroxylation is 2. The average molecular weight is 396 g/mol. The van der Waals surface area contributed by atoms with Crippen LogP contribution in [0.5, 0.6) is 11.5 Å². The second-order valence-electron chi connectivity index (χ2n) is 6.63. The number of hydrogen-bond acceptors (Lipinski definition) is 7. The number of carbonyl (C=O) groups is 1. The molecule has 0 spiro atoms. The monoisotopic (exact) mass is 396 g/mol. The van der Waals surface area contributed by atoms with Crippen molar-refractivity contribution < 1.29 is 19.5 Å². The van der Waals surface area contributed by atoms with E-state index < -0.39 is 0 Å². The van der Waals surface area contributed by atoms with Crippen molar-refractivity contribution in [1.82, 2.24) is 9.97 Å². The lowest BCUT2D eigenvalue weighted by Crippen LogP contribution is -2.15. The third-order valence-corrected chi connectivity index (χ3v) is 4.44. The second kappa shape index (κ2) is 8.74. The quantitative estimate of drug-likeness (QED) is 0.443. The van der Waals surface area contributed by atoms with Gasteiger partial charge in [-0.15, -0.1) is 0 Å². The number of methoxy groups -OCH3 is 1. The topological polar surface area (TPSA) is 111 Å². The lowest BCUT2D eigenvalue weighted by molar-refractivity contribution is -0.118. The van der Waals surface area contributed by atoms with Crippen LogP contribution in [0.25, 0.3) is 10.9 Å². The van der Waals surface area contributed by atoms with E-state index in [1.807, 2.05) is 25.1 Å². The number of ether oxygens (including phenoxy) is 2. The van der Waals surface area contributed by atoms with Crippen LogP contribution in [0.3, 0.4) is 0 Å². The maximum atomic E-state index is 11.0. The molecule has 0 atom stereocenters. The molecule has 0 bridgehead atoms. The largest absolute Gasteiger partial charge is 0.493 e. The molecule has 0 saturated carbocycles. The van der Waals surface area contributed by atoms with Crippen LogP contribution in [0.4, 0.5) is 11.5 Å². The molecule has 2 aromatic carbocycles. The van der Waals surface area contributed by atoms with Gasteiger partial charge in [0.1, 0.15) is 5.82 Å². The highest BCUT2D eigenvalue weighted by Gasteiger charge is 2.17. The summed E-state index contributed by atoms with van der Waals surface area (Å²) in [5.74, 6) is 1.52. The highest BCUT2D eigenvalue weighted by molar-refractivity contribution is 5.93. The molecular formula is C21H24N4O4. The first-order chi connectivity index (χ1) is 13.9. The molecule has 8 nitrogen and oxygen atoms in total. The Morgan fingerprint density at radius 2 is 1.97 bits per heavy atom. The van der Waals surface area contributed by atoms with Crippen molar-refractivity contribution in [2.24, 2.45) is 5.73 Å². The minimum absolute atomic E-state index is 0.236. The van der Waals surface area contributed by atoms with Crippen molar-refractivity contribution in [2.45, 2.75) is 26.7 Å². The van der Waals surface area contributed by atoms with Gasteiger partial charge in [-0.1, -0.05) is 12.1 Å². The number of nitrogens with zero attached hydrogens (tertiary/aromatic N) is 3. The van der Waals surface area contributed by atoms with Crippen LogP contribution in [-0.4, -0.2) is 34.8 Å². The van der Waals surface area contributed by atoms with Gasteiger partial charge in [-0.05, 0) is 44.0 Å². The zero-order valence-electron chi connectivity index (χ0n) is 16.7. The number of carbonyl (C=O) groups excluding carboxylic acids is 1. The molecule has 0 aliphatic carbocycles. The number of aromatic nitrogens is 2. The van der Waals surface area contributed by atoms with Gasteiger partial charge >= 0.3 is 0 Å². The van der Waals surface area contributed by atoms with Crippen LogP contribution in [0.15, 0.2) is 36.4 Å². The van der Waals surface area contributed by atoms with Crippen molar-refractivity contribution in [3.05, 3.63) is 47.8 Å². The molecule has 0 unspecified atom stereocenters. The summed E-state index contributed by atoms with van der Waals surface area (Å²) in [5, 5.41) is 12.7. The zero-order chi connectivity index (χ0) is 21.0. The van der Waals surface area contributed by atoms with E-state index in [1.54, 1.807) is 25.1 Å². The Labute approximate surface area is 168 Å². The number of fused-ring (bicyclic) bond motifs is 1. The summed E-state index contributed by atoms with van der Waals surface area (Å²) in [6.07, 6.45) is 0.722. The Kier molecular flexibility index (Phi) is 6.13. The van der Waals surface area contributed by atoms with Crippen molar-refractivity contribution in [3.8, 4) is 11.5 Å². The lowest BCUT2D eigenvalue weighted by atomic mass is 10.1. The molecule has 152 valence electrons. The molecule has 0 fully saturated rings. The highest BCUT2D eigenvalue weighted by Crippen LogP contribution is 2.36. The number of anilines is 2. The van der Waals surface area contributed by atoms with E-state index in [1.165, 1.54) is 7.11 Å². The van der Waals surface area contributed by atoms with Crippen LogP contribution >= 0.6 is 0 Å². The number of hydrogen-bond donors (Lipinski definition) is 2. The van der Waals surface area contributed by atoms with Gasteiger partial charge in [0.05, 0.1) is 24.9 Å². The molecule has 1 amide bonds. The summed E-state index contributed by atoms with van der Waals surface area (Å²) in [7, 11) is 1.53. The zero-order valence-corrected chi connectivity index (χ0v) is 16.7. The minimum Gasteiger partial charge on any atom is -0.493 e. The molecule has 1 heterocycles. The van der Waals surface area contributed by atoms with E-state index in [4.69, 9.17) is 15.2 Å². The maximum Gasteiger partial charge on any atom is 0.217 e. The van der Waals surface area contributed by atoms with Gasteiger partial charge in [-0.3, -0.25) is 10.0 Å². The molecule has 3 N–H and O–H groups in total. The molecule has 3 rings (SSSR count). The standard InChI is InChI=1S/C21H24N4O4/c1-13-6-4-7-16-20(13)21(24-14(2)23-16)25(27)15-9-10-17(28-3)18(12-15)29-11-5-8-19(22)26/h4,6-7,9-10,12,27H,5,8,11H2,1-3H3,(H2,22,26). The molecule has 29 heavy (non-hydrogen) atoms. The van der Waals surface area contributed by atoms with Gasteiger partial charge in [0.2, 0.25) is 5.91 Å². The predicted molar refractivity (Wildman–Crippen MR) is 110 cm³/mol. The number of benzene rings is 2. The van der Waals surface area contributed by atoms with Crippen molar-refractivity contribution >= 4 is 28.3 Å². The van der Waals surface area contributed by atoms with Gasteiger partial charge < -0.3 is 15.2 Å². The third kappa shape index (κ3) is 4.55. The predicted octanol–water partition coefficient (Wildman–Crippen LogP) is 3.43. The smallest absolute Gasteiger partial charge is 0.217 e. The highest BCUT2D eigenvalue weighted by atomic mass is 16.5. The summed E-state index contributed by atoms with van der Waals surface area (Å²) < 4.78 is 11.1. The Morgan fingerprint density at radius 3 is 2.69 bits per heavy atom. The van der Waals surface area contributed by atoms with Crippen LogP contribution in [0.2, 0.25) is 0 Å². The minimum atomic E-state index is -0.378. The summed E-state index contributed by atoms with van der Waals surface area (Å²) >= 11 is 0. The number of rotatable bonds is 8. The summed E-state index contributed by atoms with van der Waals surface area (Å²) in [4.78, 5) is 19.8. The van der Waals surface area contributed by atoms with Crippen LogP contribution in [0.1, 0.15) is 24.2 Å². The van der Waals surface area contributed by atoms with Gasteiger partial charge in [0, 0.05) is 17.9 Å². The van der Waals surface area contributed by atoms with Crippen molar-refractivity contribution in [2.75, 3.05) is 18.8 Å². The second-order valence-corrected chi connectivity index (χ2v) is 6.63. The van der Waals surface area contributed by atoms with Gasteiger partial charge in [-0.2, -0.15) is 0 Å². The summed E-state index contributed by atoms with van der Waals surface area (Å²) in [6, 6.07) is 10.8. The maximum absolute atomic E-state index is 11.0. The number of amides is 1. The molecule has 1 aromatic heterocycles. The molecule has 0 aliphatic heterocycles. The first kappa shape index (κ1) is 20.3. The van der Waals surface area contributed by atoms with Gasteiger partial charge in [-0.25, -0.2) is 15.0 Å². The van der Waals surface area contributed by atoms with Crippen molar-refractivity contribution in [3.63, 3.8) is 0 Å². The molecule has 3 aromatic rings. The van der Waals surface area contributed by atoms with Gasteiger partial charge in [0.15, 0.2) is 17.3 Å². The molecule has 0 saturated heterocycles. The fourth-order valence-electron chi connectivity index (χ4n) is 3.06. The van der Waals surface area contributed by atoms with Crippen LogP contribution in [0, 0.1) is 13.8 Å². The van der Waals surface area contributed by atoms with E-state index in [2.05, 4.69) is 9.97 Å². The lowest BCUT2D eigenvalue weighted by Gasteiger charge is -2.20. The first-order valence-corrected chi connectivity index (χ1v) is 9.23. The Balaban J connectivity index is 1.95. The van der Waals surface area contributed by atoms with E-state index in [0.717, 1.165) is 21.5 Å². The first-order valence-electron chi connectivity index (χ1n) is 9.23. The number of nitrogens with two attached hydrogens (primary N) is 1. The fraction of sp³-hybridized carbons (Fsp3) is 0.286. The Hall–Kier alpha value is -3.39. The van der Waals surface area contributed by atoms with Crippen LogP contribution in [-0.2, 0) is 4.79 Å².